The van der Waals surface area contributed by atoms with Crippen LogP contribution >= 0.6 is 34.8 Å². The summed E-state index contributed by atoms with van der Waals surface area (Å²) < 4.78 is 0. The molecule has 0 unspecified atom stereocenters. The average molecular weight is 275 g/mol. The molecule has 0 fully saturated rings. The number of hydrogen-bond acceptors (Lipinski definition) is 3. The van der Waals surface area contributed by atoms with Crippen molar-refractivity contribution in [1.82, 2.24) is 9.97 Å². The molecular formula is C10H6Cl3N3. The maximum absolute atomic E-state index is 5.96. The second kappa shape index (κ2) is 4.45. The van der Waals surface area contributed by atoms with Gasteiger partial charge in [0, 0.05) is 5.02 Å². The summed E-state index contributed by atoms with van der Waals surface area (Å²) in [4.78, 5) is 7.70. The van der Waals surface area contributed by atoms with Crippen LogP contribution in [0.4, 0.5) is 5.95 Å². The molecule has 0 atom stereocenters. The number of benzene rings is 1. The summed E-state index contributed by atoms with van der Waals surface area (Å²) in [5.74, 6) is 0.0488. The quantitative estimate of drug-likeness (QED) is 0.807. The molecule has 0 radical (unpaired) electrons. The van der Waals surface area contributed by atoms with Gasteiger partial charge in [-0.25, -0.2) is 9.97 Å². The number of aromatic nitrogens is 2. The van der Waals surface area contributed by atoms with Gasteiger partial charge < -0.3 is 5.73 Å². The molecule has 0 saturated heterocycles. The maximum Gasteiger partial charge on any atom is 0.222 e. The molecule has 16 heavy (non-hydrogen) atoms. The van der Waals surface area contributed by atoms with Crippen molar-refractivity contribution in [2.75, 3.05) is 5.73 Å². The van der Waals surface area contributed by atoms with Crippen molar-refractivity contribution in [2.24, 2.45) is 0 Å². The highest BCUT2D eigenvalue weighted by Gasteiger charge is 2.12. The molecule has 0 spiro atoms. The Morgan fingerprint density at radius 3 is 1.88 bits per heavy atom. The largest absolute Gasteiger partial charge is 0.368 e. The molecule has 0 aliphatic rings. The van der Waals surface area contributed by atoms with E-state index < -0.39 is 0 Å². The van der Waals surface area contributed by atoms with Gasteiger partial charge in [0.2, 0.25) is 5.95 Å². The zero-order chi connectivity index (χ0) is 11.7. The van der Waals surface area contributed by atoms with Gasteiger partial charge in [-0.15, -0.1) is 0 Å². The van der Waals surface area contributed by atoms with Crippen molar-refractivity contribution in [2.45, 2.75) is 0 Å². The van der Waals surface area contributed by atoms with Crippen LogP contribution in [0, 0.1) is 0 Å². The lowest BCUT2D eigenvalue weighted by Gasteiger charge is -2.06. The Morgan fingerprint density at radius 2 is 1.38 bits per heavy atom. The van der Waals surface area contributed by atoms with Gasteiger partial charge in [-0.05, 0) is 17.7 Å². The molecule has 1 aromatic carbocycles. The minimum absolute atomic E-state index is 0.0488. The van der Waals surface area contributed by atoms with Gasteiger partial charge in [-0.3, -0.25) is 0 Å². The van der Waals surface area contributed by atoms with Crippen molar-refractivity contribution in [1.29, 1.82) is 0 Å². The van der Waals surface area contributed by atoms with E-state index in [0.29, 0.717) is 10.6 Å². The van der Waals surface area contributed by atoms with Gasteiger partial charge in [0.05, 0.1) is 5.56 Å². The highest BCUT2D eigenvalue weighted by molar-refractivity contribution is 6.38. The van der Waals surface area contributed by atoms with Gasteiger partial charge >= 0.3 is 0 Å². The first-order valence-corrected chi connectivity index (χ1v) is 5.46. The zero-order valence-electron chi connectivity index (χ0n) is 7.92. The molecule has 0 amide bonds. The van der Waals surface area contributed by atoms with Crippen molar-refractivity contribution < 1.29 is 0 Å². The van der Waals surface area contributed by atoms with Crippen LogP contribution in [0.15, 0.2) is 24.3 Å². The number of nitrogen functional groups attached to an aromatic ring is 1. The molecule has 2 N–H and O–H groups in total. The molecule has 2 rings (SSSR count). The van der Waals surface area contributed by atoms with Crippen LogP contribution in [0.5, 0.6) is 0 Å². The maximum atomic E-state index is 5.96. The van der Waals surface area contributed by atoms with E-state index in [-0.39, 0.29) is 16.3 Å². The Bertz CT molecular complexity index is 502. The monoisotopic (exact) mass is 273 g/mol. The van der Waals surface area contributed by atoms with Crippen LogP contribution in [-0.4, -0.2) is 9.97 Å². The normalized spacial score (nSPS) is 10.4. The molecule has 2 aromatic rings. The molecule has 0 aliphatic carbocycles. The van der Waals surface area contributed by atoms with Gasteiger partial charge in [0.1, 0.15) is 10.3 Å². The molecule has 82 valence electrons. The highest BCUT2D eigenvalue weighted by atomic mass is 35.5. The van der Waals surface area contributed by atoms with E-state index in [1.54, 1.807) is 24.3 Å². The Morgan fingerprint density at radius 1 is 0.875 bits per heavy atom. The van der Waals surface area contributed by atoms with Crippen LogP contribution in [0.3, 0.4) is 0 Å². The Labute approximate surface area is 107 Å². The SMILES string of the molecule is Nc1nc(Cl)c(-c2ccc(Cl)cc2)c(Cl)n1. The van der Waals surface area contributed by atoms with E-state index in [2.05, 4.69) is 9.97 Å². The molecule has 1 aromatic heterocycles. The van der Waals surface area contributed by atoms with Crippen molar-refractivity contribution in [3.05, 3.63) is 39.6 Å². The summed E-state index contributed by atoms with van der Waals surface area (Å²) in [5.41, 5.74) is 6.76. The summed E-state index contributed by atoms with van der Waals surface area (Å²) in [6.07, 6.45) is 0. The standard InChI is InChI=1S/C10H6Cl3N3/c11-6-3-1-5(2-4-6)7-8(12)15-10(14)16-9(7)13/h1-4H,(H2,14,15,16). The first-order chi connectivity index (χ1) is 7.58. The summed E-state index contributed by atoms with van der Waals surface area (Å²) in [5, 5.41) is 1.08. The fourth-order valence-electron chi connectivity index (χ4n) is 1.28. The lowest BCUT2D eigenvalue weighted by Crippen LogP contribution is -1.97. The minimum atomic E-state index is 0.0488. The smallest absolute Gasteiger partial charge is 0.222 e. The molecular weight excluding hydrogens is 268 g/mol. The van der Waals surface area contributed by atoms with Crippen molar-refractivity contribution in [3.63, 3.8) is 0 Å². The Kier molecular flexibility index (Phi) is 3.19. The van der Waals surface area contributed by atoms with Gasteiger partial charge in [-0.2, -0.15) is 0 Å². The second-order valence-electron chi connectivity index (χ2n) is 3.05. The zero-order valence-corrected chi connectivity index (χ0v) is 10.2. The molecule has 3 nitrogen and oxygen atoms in total. The summed E-state index contributed by atoms with van der Waals surface area (Å²) in [6.45, 7) is 0. The first-order valence-electron chi connectivity index (χ1n) is 4.32. The summed E-state index contributed by atoms with van der Waals surface area (Å²) in [7, 11) is 0. The molecule has 0 aliphatic heterocycles. The lowest BCUT2D eigenvalue weighted by molar-refractivity contribution is 1.19. The van der Waals surface area contributed by atoms with Crippen molar-refractivity contribution >= 4 is 40.8 Å². The van der Waals surface area contributed by atoms with E-state index in [1.807, 2.05) is 0 Å². The van der Waals surface area contributed by atoms with Gasteiger partial charge in [-0.1, -0.05) is 46.9 Å². The fourth-order valence-corrected chi connectivity index (χ4v) is 2.02. The van der Waals surface area contributed by atoms with E-state index in [4.69, 9.17) is 40.5 Å². The Hall–Kier alpha value is -1.03. The second-order valence-corrected chi connectivity index (χ2v) is 4.20. The van der Waals surface area contributed by atoms with Crippen molar-refractivity contribution in [3.8, 4) is 11.1 Å². The summed E-state index contributed by atoms with van der Waals surface area (Å²) >= 11 is 17.7. The highest BCUT2D eigenvalue weighted by Crippen LogP contribution is 2.33. The third-order valence-electron chi connectivity index (χ3n) is 1.97. The first kappa shape index (κ1) is 11.5. The predicted octanol–water partition coefficient (Wildman–Crippen LogP) is 3.69. The van der Waals surface area contributed by atoms with E-state index >= 15 is 0 Å². The fraction of sp³-hybridized carbons (Fsp3) is 0. The number of nitrogens with two attached hydrogens (primary N) is 1. The lowest BCUT2D eigenvalue weighted by atomic mass is 10.1. The molecule has 0 bridgehead atoms. The third-order valence-corrected chi connectivity index (χ3v) is 2.77. The van der Waals surface area contributed by atoms with Crippen LogP contribution in [0.2, 0.25) is 15.3 Å². The van der Waals surface area contributed by atoms with E-state index in [1.165, 1.54) is 0 Å². The number of nitrogens with zero attached hydrogens (tertiary/aromatic N) is 2. The predicted molar refractivity (Wildman–Crippen MR) is 66.9 cm³/mol. The minimum Gasteiger partial charge on any atom is -0.368 e. The Balaban J connectivity index is 2.60. The molecule has 1 heterocycles. The number of rotatable bonds is 1. The number of anilines is 1. The van der Waals surface area contributed by atoms with Crippen LogP contribution in [-0.2, 0) is 0 Å². The molecule has 0 saturated carbocycles. The van der Waals surface area contributed by atoms with E-state index in [0.717, 1.165) is 5.56 Å². The molecule has 6 heteroatoms. The number of hydrogen-bond donors (Lipinski definition) is 1. The third kappa shape index (κ3) is 2.21. The van der Waals surface area contributed by atoms with Crippen LogP contribution < -0.4 is 5.73 Å². The van der Waals surface area contributed by atoms with Gasteiger partial charge in [0.25, 0.3) is 0 Å². The average Bonchev–Trinajstić information content (AvgIpc) is 2.19. The van der Waals surface area contributed by atoms with E-state index in [9.17, 15) is 0 Å². The summed E-state index contributed by atoms with van der Waals surface area (Å²) in [6, 6.07) is 7.05. The van der Waals surface area contributed by atoms with Gasteiger partial charge in [0.15, 0.2) is 0 Å². The van der Waals surface area contributed by atoms with Crippen LogP contribution in [0.25, 0.3) is 11.1 Å². The van der Waals surface area contributed by atoms with Crippen LogP contribution in [0.1, 0.15) is 0 Å². The number of halogens is 3. The topological polar surface area (TPSA) is 51.8 Å².